The third-order valence-electron chi connectivity index (χ3n) is 3.93. The minimum atomic E-state index is 0.00980. The Labute approximate surface area is 127 Å². The van der Waals surface area contributed by atoms with E-state index in [4.69, 9.17) is 4.74 Å². The fraction of sp³-hybridized carbons (Fsp3) is 0.500. The first kappa shape index (κ1) is 15.6. The topological polar surface area (TPSA) is 38.3 Å². The van der Waals surface area contributed by atoms with Crippen LogP contribution in [0.1, 0.15) is 44.6 Å². The molecule has 2 rings (SSSR count). The zero-order valence-corrected chi connectivity index (χ0v) is 12.8. The van der Waals surface area contributed by atoms with Crippen molar-refractivity contribution in [2.45, 2.75) is 57.6 Å². The van der Waals surface area contributed by atoms with Crippen LogP contribution in [0.2, 0.25) is 0 Å². The molecule has 3 nitrogen and oxygen atoms in total. The van der Waals surface area contributed by atoms with Gasteiger partial charge in [-0.1, -0.05) is 49.8 Å². The molecular formula is C18H25NO2. The molecule has 1 heterocycles. The molecule has 1 fully saturated rings. The highest BCUT2D eigenvalue weighted by Crippen LogP contribution is 2.23. The van der Waals surface area contributed by atoms with Crippen molar-refractivity contribution in [3.05, 3.63) is 48.2 Å². The summed E-state index contributed by atoms with van der Waals surface area (Å²) in [5, 5.41) is 2.97. The highest BCUT2D eigenvalue weighted by Gasteiger charge is 2.34. The maximum atomic E-state index is 11.8. The lowest BCUT2D eigenvalue weighted by atomic mass is 10.0. The number of carbonyl (C=O) groups is 1. The molecule has 2 atom stereocenters. The quantitative estimate of drug-likeness (QED) is 0.742. The van der Waals surface area contributed by atoms with Crippen LogP contribution in [0.4, 0.5) is 0 Å². The Morgan fingerprint density at radius 2 is 1.90 bits per heavy atom. The Balaban J connectivity index is 1.50. The molecule has 2 unspecified atom stereocenters. The van der Waals surface area contributed by atoms with Gasteiger partial charge in [-0.2, -0.15) is 0 Å². The van der Waals surface area contributed by atoms with E-state index in [0.29, 0.717) is 12.2 Å². The monoisotopic (exact) mass is 287 g/mol. The van der Waals surface area contributed by atoms with E-state index in [-0.39, 0.29) is 18.1 Å². The normalized spacial score (nSPS) is 20.5. The Hall–Kier alpha value is -1.77. The Morgan fingerprint density at radius 3 is 2.57 bits per heavy atom. The van der Waals surface area contributed by atoms with Gasteiger partial charge in [0, 0.05) is 6.42 Å². The Kier molecular flexibility index (Phi) is 5.85. The van der Waals surface area contributed by atoms with Crippen LogP contribution in [0, 0.1) is 0 Å². The fourth-order valence-electron chi connectivity index (χ4n) is 2.63. The number of nitrogens with one attached hydrogen (secondary N) is 1. The predicted molar refractivity (Wildman–Crippen MR) is 84.8 cm³/mol. The number of rotatable bonds is 8. The highest BCUT2D eigenvalue weighted by molar-refractivity contribution is 5.76. The average Bonchev–Trinajstić information content (AvgIpc) is 2.49. The molecule has 1 N–H and O–H groups in total. The lowest BCUT2D eigenvalue weighted by Gasteiger charge is -2.37. The van der Waals surface area contributed by atoms with Crippen LogP contribution in [0.5, 0.6) is 0 Å². The number of amides is 1. The van der Waals surface area contributed by atoms with E-state index < -0.39 is 0 Å². The fourth-order valence-corrected chi connectivity index (χ4v) is 2.63. The van der Waals surface area contributed by atoms with Crippen molar-refractivity contribution in [2.24, 2.45) is 0 Å². The Morgan fingerprint density at radius 1 is 1.19 bits per heavy atom. The van der Waals surface area contributed by atoms with Crippen molar-refractivity contribution in [2.75, 3.05) is 0 Å². The van der Waals surface area contributed by atoms with Crippen molar-refractivity contribution in [3.63, 3.8) is 0 Å². The smallest absolute Gasteiger partial charge is 0.220 e. The predicted octanol–water partition coefficient (Wildman–Crippen LogP) is 3.60. The number of carbonyl (C=O) groups excluding carboxylic acids is 1. The minimum absolute atomic E-state index is 0.00980. The van der Waals surface area contributed by atoms with E-state index in [1.165, 1.54) is 18.4 Å². The van der Waals surface area contributed by atoms with E-state index in [0.717, 1.165) is 19.3 Å². The SMILES string of the molecule is C=C1OC(C)C1NC(=O)CCCCCCc1ccccc1. The maximum absolute atomic E-state index is 11.8. The van der Waals surface area contributed by atoms with Gasteiger partial charge in [0.1, 0.15) is 17.9 Å². The van der Waals surface area contributed by atoms with Gasteiger partial charge in [0.2, 0.25) is 5.91 Å². The van der Waals surface area contributed by atoms with Crippen LogP contribution >= 0.6 is 0 Å². The van der Waals surface area contributed by atoms with Crippen LogP contribution in [0.25, 0.3) is 0 Å². The standard InChI is InChI=1S/C18H25NO2/c1-14-18(15(2)21-14)19-17(20)13-9-4-3-6-10-16-11-7-5-8-12-16/h5,7-8,11-12,15,18H,1,3-4,6,9-10,13H2,2H3,(H,19,20). The van der Waals surface area contributed by atoms with E-state index in [9.17, 15) is 4.79 Å². The summed E-state index contributed by atoms with van der Waals surface area (Å²) in [5.74, 6) is 0.790. The first-order chi connectivity index (χ1) is 10.2. The van der Waals surface area contributed by atoms with Crippen LogP contribution in [0.3, 0.4) is 0 Å². The summed E-state index contributed by atoms with van der Waals surface area (Å²) < 4.78 is 5.24. The molecule has 21 heavy (non-hydrogen) atoms. The number of hydrogen-bond acceptors (Lipinski definition) is 2. The summed E-state index contributed by atoms with van der Waals surface area (Å²) in [7, 11) is 0. The Bertz CT molecular complexity index is 469. The summed E-state index contributed by atoms with van der Waals surface area (Å²) in [6.07, 6.45) is 6.22. The molecule has 0 bridgehead atoms. The minimum Gasteiger partial charge on any atom is -0.491 e. The molecule has 3 heteroatoms. The summed E-state index contributed by atoms with van der Waals surface area (Å²) in [5.41, 5.74) is 1.40. The molecule has 114 valence electrons. The number of aryl methyl sites for hydroxylation is 1. The molecule has 0 aromatic heterocycles. The van der Waals surface area contributed by atoms with Crippen LogP contribution in [0.15, 0.2) is 42.7 Å². The molecule has 0 spiro atoms. The van der Waals surface area contributed by atoms with Gasteiger partial charge in [0.05, 0.1) is 0 Å². The van der Waals surface area contributed by atoms with Crippen molar-refractivity contribution in [1.82, 2.24) is 5.32 Å². The van der Waals surface area contributed by atoms with Crippen molar-refractivity contribution in [3.8, 4) is 0 Å². The number of ether oxygens (including phenoxy) is 1. The second-order valence-electron chi connectivity index (χ2n) is 5.73. The number of benzene rings is 1. The third-order valence-corrected chi connectivity index (χ3v) is 3.93. The summed E-state index contributed by atoms with van der Waals surface area (Å²) in [4.78, 5) is 11.8. The lowest BCUT2D eigenvalue weighted by Crippen LogP contribution is -2.52. The van der Waals surface area contributed by atoms with Gasteiger partial charge in [-0.25, -0.2) is 0 Å². The molecule has 0 saturated carbocycles. The van der Waals surface area contributed by atoms with Gasteiger partial charge in [-0.15, -0.1) is 0 Å². The van der Waals surface area contributed by atoms with E-state index in [2.05, 4.69) is 36.2 Å². The van der Waals surface area contributed by atoms with Crippen LogP contribution in [-0.4, -0.2) is 18.1 Å². The largest absolute Gasteiger partial charge is 0.491 e. The van der Waals surface area contributed by atoms with Gasteiger partial charge < -0.3 is 10.1 Å². The molecule has 1 amide bonds. The summed E-state index contributed by atoms with van der Waals surface area (Å²) >= 11 is 0. The maximum Gasteiger partial charge on any atom is 0.220 e. The van der Waals surface area contributed by atoms with Gasteiger partial charge in [0.25, 0.3) is 0 Å². The number of hydrogen-bond donors (Lipinski definition) is 1. The van der Waals surface area contributed by atoms with Gasteiger partial charge in [0.15, 0.2) is 0 Å². The number of unbranched alkanes of at least 4 members (excludes halogenated alkanes) is 3. The van der Waals surface area contributed by atoms with Gasteiger partial charge >= 0.3 is 0 Å². The first-order valence-corrected chi connectivity index (χ1v) is 7.85. The molecule has 0 radical (unpaired) electrons. The molecule has 1 saturated heterocycles. The summed E-state index contributed by atoms with van der Waals surface area (Å²) in [6.45, 7) is 5.71. The molecule has 1 aliphatic rings. The zero-order valence-electron chi connectivity index (χ0n) is 12.8. The second-order valence-corrected chi connectivity index (χ2v) is 5.73. The van der Waals surface area contributed by atoms with E-state index >= 15 is 0 Å². The van der Waals surface area contributed by atoms with Crippen LogP contribution < -0.4 is 5.32 Å². The van der Waals surface area contributed by atoms with Crippen LogP contribution in [-0.2, 0) is 16.0 Å². The van der Waals surface area contributed by atoms with Crippen molar-refractivity contribution >= 4 is 5.91 Å². The van der Waals surface area contributed by atoms with Gasteiger partial charge in [-0.3, -0.25) is 4.79 Å². The lowest BCUT2D eigenvalue weighted by molar-refractivity contribution is -0.125. The third kappa shape index (κ3) is 4.92. The average molecular weight is 287 g/mol. The van der Waals surface area contributed by atoms with Crippen molar-refractivity contribution in [1.29, 1.82) is 0 Å². The molecule has 1 aliphatic heterocycles. The zero-order chi connectivity index (χ0) is 15.1. The molecular weight excluding hydrogens is 262 g/mol. The van der Waals surface area contributed by atoms with E-state index in [1.807, 2.05) is 13.0 Å². The van der Waals surface area contributed by atoms with Gasteiger partial charge in [-0.05, 0) is 31.7 Å². The van der Waals surface area contributed by atoms with Crippen molar-refractivity contribution < 1.29 is 9.53 Å². The first-order valence-electron chi connectivity index (χ1n) is 7.85. The molecule has 0 aliphatic carbocycles. The molecule has 1 aromatic carbocycles. The van der Waals surface area contributed by atoms with E-state index in [1.54, 1.807) is 0 Å². The second kappa shape index (κ2) is 7.87. The molecule has 1 aromatic rings. The summed E-state index contributed by atoms with van der Waals surface area (Å²) in [6, 6.07) is 10.6. The highest BCUT2D eigenvalue weighted by atomic mass is 16.5.